The van der Waals surface area contributed by atoms with Gasteiger partial charge in [-0.25, -0.2) is 4.98 Å². The van der Waals surface area contributed by atoms with Crippen LogP contribution in [0.1, 0.15) is 49.9 Å². The molecule has 20 heavy (non-hydrogen) atoms. The predicted octanol–water partition coefficient (Wildman–Crippen LogP) is 2.36. The van der Waals surface area contributed by atoms with Gasteiger partial charge in [0.2, 0.25) is 5.88 Å². The topological polar surface area (TPSA) is 57.4 Å². The Labute approximate surface area is 120 Å². The van der Waals surface area contributed by atoms with Gasteiger partial charge in [0.15, 0.2) is 0 Å². The van der Waals surface area contributed by atoms with Crippen molar-refractivity contribution in [3.05, 3.63) is 22.9 Å². The van der Waals surface area contributed by atoms with Gasteiger partial charge in [0.1, 0.15) is 6.10 Å². The van der Waals surface area contributed by atoms with Crippen molar-refractivity contribution in [1.29, 1.82) is 0 Å². The highest BCUT2D eigenvalue weighted by atomic mass is 16.5. The molecule has 0 saturated carbocycles. The quantitative estimate of drug-likeness (QED) is 0.920. The van der Waals surface area contributed by atoms with Crippen molar-refractivity contribution in [2.24, 2.45) is 5.73 Å². The van der Waals surface area contributed by atoms with Crippen LogP contribution in [0, 0.1) is 0 Å². The summed E-state index contributed by atoms with van der Waals surface area (Å²) in [6, 6.07) is 2.19. The molecule has 1 aliphatic carbocycles. The first-order valence-electron chi connectivity index (χ1n) is 7.69. The van der Waals surface area contributed by atoms with Crippen LogP contribution in [-0.2, 0) is 24.1 Å². The van der Waals surface area contributed by atoms with Crippen LogP contribution in [0.2, 0.25) is 0 Å². The van der Waals surface area contributed by atoms with E-state index in [0.29, 0.717) is 6.54 Å². The summed E-state index contributed by atoms with van der Waals surface area (Å²) in [5.41, 5.74) is 9.45. The summed E-state index contributed by atoms with van der Waals surface area (Å²) in [7, 11) is 0. The fourth-order valence-electron chi connectivity index (χ4n) is 3.35. The number of hydrogen-bond acceptors (Lipinski definition) is 4. The molecule has 2 atom stereocenters. The Morgan fingerprint density at radius 3 is 2.75 bits per heavy atom. The second-order valence-corrected chi connectivity index (χ2v) is 6.08. The van der Waals surface area contributed by atoms with Gasteiger partial charge in [0.25, 0.3) is 0 Å². The molecular formula is C16H24N2O2. The minimum Gasteiger partial charge on any atom is -0.474 e. The van der Waals surface area contributed by atoms with E-state index in [1.54, 1.807) is 0 Å². The van der Waals surface area contributed by atoms with E-state index in [1.165, 1.54) is 17.7 Å². The van der Waals surface area contributed by atoms with Crippen LogP contribution >= 0.6 is 0 Å². The van der Waals surface area contributed by atoms with Gasteiger partial charge in [0.05, 0.1) is 12.2 Å². The molecule has 2 heterocycles. The zero-order valence-corrected chi connectivity index (χ0v) is 12.4. The largest absolute Gasteiger partial charge is 0.474 e. The molecule has 0 bridgehead atoms. The third kappa shape index (κ3) is 2.81. The SMILES string of the molecule is CC1CC(Oc2nc3c(cc2CN)CCC3)CC(C)O1. The van der Waals surface area contributed by atoms with Crippen molar-refractivity contribution in [1.82, 2.24) is 4.98 Å². The molecule has 0 aromatic carbocycles. The Hall–Kier alpha value is -1.13. The smallest absolute Gasteiger partial charge is 0.218 e. The van der Waals surface area contributed by atoms with Crippen molar-refractivity contribution in [3.8, 4) is 5.88 Å². The lowest BCUT2D eigenvalue weighted by Crippen LogP contribution is -2.36. The Kier molecular flexibility index (Phi) is 3.94. The van der Waals surface area contributed by atoms with Crippen LogP contribution in [0.15, 0.2) is 6.07 Å². The van der Waals surface area contributed by atoms with Crippen molar-refractivity contribution in [3.63, 3.8) is 0 Å². The second-order valence-electron chi connectivity index (χ2n) is 6.08. The van der Waals surface area contributed by atoms with E-state index in [1.807, 2.05) is 0 Å². The Morgan fingerprint density at radius 1 is 1.30 bits per heavy atom. The van der Waals surface area contributed by atoms with Gasteiger partial charge >= 0.3 is 0 Å². The first-order valence-corrected chi connectivity index (χ1v) is 7.69. The number of aryl methyl sites for hydroxylation is 2. The monoisotopic (exact) mass is 276 g/mol. The first-order chi connectivity index (χ1) is 9.65. The molecule has 0 radical (unpaired) electrons. The van der Waals surface area contributed by atoms with Crippen LogP contribution < -0.4 is 10.5 Å². The summed E-state index contributed by atoms with van der Waals surface area (Å²) in [5, 5.41) is 0. The van der Waals surface area contributed by atoms with Gasteiger partial charge < -0.3 is 15.2 Å². The number of fused-ring (bicyclic) bond motifs is 1. The fraction of sp³-hybridized carbons (Fsp3) is 0.688. The molecule has 0 spiro atoms. The molecular weight excluding hydrogens is 252 g/mol. The zero-order chi connectivity index (χ0) is 14.1. The molecule has 1 saturated heterocycles. The van der Waals surface area contributed by atoms with Crippen LogP contribution in [0.25, 0.3) is 0 Å². The second kappa shape index (κ2) is 5.70. The number of rotatable bonds is 3. The number of ether oxygens (including phenoxy) is 2. The normalized spacial score (nSPS) is 29.2. The molecule has 1 aromatic rings. The number of nitrogens with two attached hydrogens (primary N) is 1. The molecule has 2 aliphatic rings. The zero-order valence-electron chi connectivity index (χ0n) is 12.4. The molecule has 2 unspecified atom stereocenters. The van der Waals surface area contributed by atoms with Crippen molar-refractivity contribution >= 4 is 0 Å². The summed E-state index contributed by atoms with van der Waals surface area (Å²) < 4.78 is 11.9. The number of nitrogens with zero attached hydrogens (tertiary/aromatic N) is 1. The van der Waals surface area contributed by atoms with E-state index in [0.717, 1.165) is 37.1 Å². The van der Waals surface area contributed by atoms with Crippen LogP contribution in [-0.4, -0.2) is 23.3 Å². The van der Waals surface area contributed by atoms with Crippen molar-refractivity contribution < 1.29 is 9.47 Å². The average molecular weight is 276 g/mol. The third-order valence-corrected chi connectivity index (χ3v) is 4.24. The van der Waals surface area contributed by atoms with Crippen LogP contribution in [0.4, 0.5) is 0 Å². The number of hydrogen-bond donors (Lipinski definition) is 1. The van der Waals surface area contributed by atoms with Gasteiger partial charge in [0, 0.05) is 30.6 Å². The average Bonchev–Trinajstić information content (AvgIpc) is 2.83. The number of pyridine rings is 1. The van der Waals surface area contributed by atoms with Crippen molar-refractivity contribution in [2.45, 2.75) is 70.8 Å². The van der Waals surface area contributed by atoms with Crippen molar-refractivity contribution in [2.75, 3.05) is 0 Å². The van der Waals surface area contributed by atoms with Gasteiger partial charge in [-0.2, -0.15) is 0 Å². The maximum absolute atomic E-state index is 6.17. The fourth-order valence-corrected chi connectivity index (χ4v) is 3.35. The van der Waals surface area contributed by atoms with E-state index >= 15 is 0 Å². The Morgan fingerprint density at radius 2 is 2.05 bits per heavy atom. The highest BCUT2D eigenvalue weighted by Crippen LogP contribution is 2.29. The molecule has 3 rings (SSSR count). The highest BCUT2D eigenvalue weighted by molar-refractivity contribution is 5.36. The lowest BCUT2D eigenvalue weighted by atomic mass is 10.0. The van der Waals surface area contributed by atoms with Gasteiger partial charge in [-0.05, 0) is 44.7 Å². The predicted molar refractivity (Wildman–Crippen MR) is 77.8 cm³/mol. The van der Waals surface area contributed by atoms with Crippen LogP contribution in [0.3, 0.4) is 0 Å². The van der Waals surface area contributed by atoms with Crippen LogP contribution in [0.5, 0.6) is 5.88 Å². The third-order valence-electron chi connectivity index (χ3n) is 4.24. The Balaban J connectivity index is 1.79. The lowest BCUT2D eigenvalue weighted by molar-refractivity contribution is -0.0731. The molecule has 4 heteroatoms. The summed E-state index contributed by atoms with van der Waals surface area (Å²) in [6.07, 6.45) is 5.92. The minimum absolute atomic E-state index is 0.186. The first kappa shape index (κ1) is 13.8. The van der Waals surface area contributed by atoms with E-state index in [4.69, 9.17) is 20.2 Å². The molecule has 2 N–H and O–H groups in total. The van der Waals surface area contributed by atoms with Gasteiger partial charge in [-0.15, -0.1) is 0 Å². The Bertz CT molecular complexity index is 480. The minimum atomic E-state index is 0.186. The van der Waals surface area contributed by atoms with E-state index in [2.05, 4.69) is 19.9 Å². The summed E-state index contributed by atoms with van der Waals surface area (Å²) in [5.74, 6) is 0.749. The molecule has 1 aromatic heterocycles. The summed E-state index contributed by atoms with van der Waals surface area (Å²) in [4.78, 5) is 4.73. The van der Waals surface area contributed by atoms with Gasteiger partial charge in [-0.1, -0.05) is 0 Å². The molecule has 110 valence electrons. The molecule has 1 aliphatic heterocycles. The van der Waals surface area contributed by atoms with E-state index in [9.17, 15) is 0 Å². The summed E-state index contributed by atoms with van der Waals surface area (Å²) >= 11 is 0. The highest BCUT2D eigenvalue weighted by Gasteiger charge is 2.27. The maximum Gasteiger partial charge on any atom is 0.218 e. The maximum atomic E-state index is 6.17. The van der Waals surface area contributed by atoms with E-state index < -0.39 is 0 Å². The molecule has 1 fully saturated rings. The van der Waals surface area contributed by atoms with E-state index in [-0.39, 0.29) is 18.3 Å². The molecule has 0 amide bonds. The lowest BCUT2D eigenvalue weighted by Gasteiger charge is -2.32. The summed E-state index contributed by atoms with van der Waals surface area (Å²) in [6.45, 7) is 4.70. The van der Waals surface area contributed by atoms with Gasteiger partial charge in [-0.3, -0.25) is 0 Å². The standard InChI is InChI=1S/C16H24N2O2/c1-10-6-14(7-11(2)19-10)20-16-13(9-17)8-12-4-3-5-15(12)18-16/h8,10-11,14H,3-7,9,17H2,1-2H3. The number of aromatic nitrogens is 1. The molecule has 4 nitrogen and oxygen atoms in total.